The van der Waals surface area contributed by atoms with Crippen molar-refractivity contribution in [2.24, 2.45) is 0 Å². The van der Waals surface area contributed by atoms with E-state index in [0.29, 0.717) is 6.54 Å². The number of carbonyl (C=O) groups is 2. The van der Waals surface area contributed by atoms with E-state index in [-0.39, 0.29) is 30.1 Å². The van der Waals surface area contributed by atoms with Crippen LogP contribution < -0.4 is 15.4 Å². The number of ether oxygens (including phenoxy) is 1. The number of rotatable bonds is 8. The molecule has 0 unspecified atom stereocenters. The summed E-state index contributed by atoms with van der Waals surface area (Å²) in [4.78, 5) is 24.7. The van der Waals surface area contributed by atoms with E-state index in [1.54, 1.807) is 7.11 Å². The van der Waals surface area contributed by atoms with Gasteiger partial charge in [-0.05, 0) is 40.7 Å². The van der Waals surface area contributed by atoms with Crippen LogP contribution in [0.1, 0.15) is 62.6 Å². The molecule has 150 valence electrons. The zero-order chi connectivity index (χ0) is 20.7. The third-order valence-electron chi connectivity index (χ3n) is 4.61. The molecule has 0 saturated heterocycles. The molecule has 2 N–H and O–H groups in total. The molecule has 0 bridgehead atoms. The minimum atomic E-state index is -0.304. The molecule has 0 aromatic heterocycles. The Morgan fingerprint density at radius 1 is 0.893 bits per heavy atom. The first-order valence-corrected chi connectivity index (χ1v) is 9.64. The van der Waals surface area contributed by atoms with Gasteiger partial charge in [0.25, 0.3) is 0 Å². The summed E-state index contributed by atoms with van der Waals surface area (Å²) in [6.07, 6.45) is -0.208. The van der Waals surface area contributed by atoms with E-state index in [2.05, 4.69) is 38.3 Å². The van der Waals surface area contributed by atoms with Gasteiger partial charge in [-0.25, -0.2) is 0 Å². The quantitative estimate of drug-likeness (QED) is 0.656. The first-order valence-electron chi connectivity index (χ1n) is 9.64. The van der Waals surface area contributed by atoms with Crippen LogP contribution in [0.2, 0.25) is 0 Å². The monoisotopic (exact) mass is 382 g/mol. The maximum absolute atomic E-state index is 12.5. The molecular formula is C23H30N2O3. The first kappa shape index (κ1) is 21.5. The van der Waals surface area contributed by atoms with Crippen molar-refractivity contribution in [3.05, 3.63) is 59.2 Å². The number of amides is 2. The van der Waals surface area contributed by atoms with E-state index in [4.69, 9.17) is 4.74 Å². The van der Waals surface area contributed by atoms with Gasteiger partial charge in [-0.2, -0.15) is 0 Å². The van der Waals surface area contributed by atoms with Crippen molar-refractivity contribution in [3.8, 4) is 5.75 Å². The molecule has 5 heteroatoms. The standard InChI is InChI=1S/C23H30N2O3/c1-15(2)19-7-6-8-20(16(3)4)23(19)25-22(27)13-21(26)24-14-17-9-11-18(28-5)12-10-17/h6-12,15-16H,13-14H2,1-5H3,(H,24,26)(H,25,27). The Bertz CT molecular complexity index is 785. The number of benzene rings is 2. The lowest BCUT2D eigenvalue weighted by atomic mass is 9.92. The highest BCUT2D eigenvalue weighted by Crippen LogP contribution is 2.32. The Balaban J connectivity index is 1.98. The summed E-state index contributed by atoms with van der Waals surface area (Å²) in [6.45, 7) is 8.75. The van der Waals surface area contributed by atoms with Crippen LogP contribution in [-0.4, -0.2) is 18.9 Å². The molecular weight excluding hydrogens is 352 g/mol. The normalized spacial score (nSPS) is 10.8. The van der Waals surface area contributed by atoms with Crippen molar-refractivity contribution in [3.63, 3.8) is 0 Å². The summed E-state index contributed by atoms with van der Waals surface area (Å²) >= 11 is 0. The number of methoxy groups -OCH3 is 1. The zero-order valence-electron chi connectivity index (χ0n) is 17.3. The van der Waals surface area contributed by atoms with Crippen LogP contribution in [0.4, 0.5) is 5.69 Å². The molecule has 2 aromatic rings. The summed E-state index contributed by atoms with van der Waals surface area (Å²) in [5, 5.41) is 5.76. The van der Waals surface area contributed by atoms with Gasteiger partial charge in [0.05, 0.1) is 7.11 Å². The highest BCUT2D eigenvalue weighted by Gasteiger charge is 2.17. The molecule has 0 radical (unpaired) electrons. The van der Waals surface area contributed by atoms with Crippen LogP contribution in [0, 0.1) is 0 Å². The Morgan fingerprint density at radius 3 is 1.96 bits per heavy atom. The summed E-state index contributed by atoms with van der Waals surface area (Å²) in [7, 11) is 1.61. The number of carbonyl (C=O) groups excluding carboxylic acids is 2. The summed E-state index contributed by atoms with van der Waals surface area (Å²) < 4.78 is 5.12. The Hall–Kier alpha value is -2.82. The van der Waals surface area contributed by atoms with E-state index in [0.717, 1.165) is 28.1 Å². The Morgan fingerprint density at radius 2 is 1.46 bits per heavy atom. The second kappa shape index (κ2) is 9.93. The average molecular weight is 383 g/mol. The van der Waals surface area contributed by atoms with E-state index in [9.17, 15) is 9.59 Å². The van der Waals surface area contributed by atoms with Gasteiger partial charge < -0.3 is 15.4 Å². The number of hydrogen-bond acceptors (Lipinski definition) is 3. The largest absolute Gasteiger partial charge is 0.497 e. The van der Waals surface area contributed by atoms with Crippen molar-refractivity contribution in [1.82, 2.24) is 5.32 Å². The predicted octanol–water partition coefficient (Wildman–Crippen LogP) is 4.59. The van der Waals surface area contributed by atoms with Crippen molar-refractivity contribution < 1.29 is 14.3 Å². The first-order chi connectivity index (χ1) is 13.3. The van der Waals surface area contributed by atoms with Crippen LogP contribution in [0.3, 0.4) is 0 Å². The number of hydrogen-bond donors (Lipinski definition) is 2. The third kappa shape index (κ3) is 5.84. The predicted molar refractivity (Wildman–Crippen MR) is 113 cm³/mol. The molecule has 2 rings (SSSR count). The highest BCUT2D eigenvalue weighted by molar-refractivity contribution is 6.04. The van der Waals surface area contributed by atoms with Gasteiger partial charge in [-0.1, -0.05) is 58.0 Å². The fraction of sp³-hybridized carbons (Fsp3) is 0.391. The molecule has 0 heterocycles. The van der Waals surface area contributed by atoms with Gasteiger partial charge in [-0.15, -0.1) is 0 Å². The highest BCUT2D eigenvalue weighted by atomic mass is 16.5. The topological polar surface area (TPSA) is 67.4 Å². The molecule has 0 aliphatic rings. The molecule has 0 atom stereocenters. The molecule has 0 aliphatic carbocycles. The van der Waals surface area contributed by atoms with Crippen LogP contribution in [-0.2, 0) is 16.1 Å². The molecule has 5 nitrogen and oxygen atoms in total. The van der Waals surface area contributed by atoms with Crippen molar-refractivity contribution in [2.45, 2.75) is 52.5 Å². The maximum Gasteiger partial charge on any atom is 0.233 e. The van der Waals surface area contributed by atoms with Gasteiger partial charge in [0, 0.05) is 12.2 Å². The second-order valence-electron chi connectivity index (χ2n) is 7.47. The van der Waals surface area contributed by atoms with Gasteiger partial charge in [0.15, 0.2) is 0 Å². The smallest absolute Gasteiger partial charge is 0.233 e. The fourth-order valence-corrected chi connectivity index (χ4v) is 3.03. The molecule has 0 aliphatic heterocycles. The van der Waals surface area contributed by atoms with E-state index < -0.39 is 0 Å². The second-order valence-corrected chi connectivity index (χ2v) is 7.47. The summed E-state index contributed by atoms with van der Waals surface area (Å²) in [5.74, 6) is 0.707. The molecule has 0 fully saturated rings. The van der Waals surface area contributed by atoms with Gasteiger partial charge in [0.1, 0.15) is 12.2 Å². The molecule has 0 spiro atoms. The summed E-state index contributed by atoms with van der Waals surface area (Å²) in [6, 6.07) is 13.5. The lowest BCUT2D eigenvalue weighted by Gasteiger charge is -2.20. The van der Waals surface area contributed by atoms with Crippen LogP contribution in [0.15, 0.2) is 42.5 Å². The third-order valence-corrected chi connectivity index (χ3v) is 4.61. The van der Waals surface area contributed by atoms with Gasteiger partial charge in [0.2, 0.25) is 11.8 Å². The van der Waals surface area contributed by atoms with Crippen LogP contribution in [0.25, 0.3) is 0 Å². The summed E-state index contributed by atoms with van der Waals surface area (Å²) in [5.41, 5.74) is 3.94. The number of anilines is 1. The van der Waals surface area contributed by atoms with Gasteiger partial charge in [-0.3, -0.25) is 9.59 Å². The molecule has 2 amide bonds. The van der Waals surface area contributed by atoms with Crippen LogP contribution in [0.5, 0.6) is 5.75 Å². The Kier molecular flexibility index (Phi) is 7.61. The lowest BCUT2D eigenvalue weighted by molar-refractivity contribution is -0.126. The fourth-order valence-electron chi connectivity index (χ4n) is 3.03. The minimum absolute atomic E-state index is 0.208. The SMILES string of the molecule is COc1ccc(CNC(=O)CC(=O)Nc2c(C(C)C)cccc2C(C)C)cc1. The lowest BCUT2D eigenvalue weighted by Crippen LogP contribution is -2.28. The maximum atomic E-state index is 12.5. The van der Waals surface area contributed by atoms with E-state index in [1.807, 2.05) is 42.5 Å². The van der Waals surface area contributed by atoms with Crippen molar-refractivity contribution in [1.29, 1.82) is 0 Å². The van der Waals surface area contributed by atoms with Crippen molar-refractivity contribution >= 4 is 17.5 Å². The minimum Gasteiger partial charge on any atom is -0.497 e. The molecule has 0 saturated carbocycles. The van der Waals surface area contributed by atoms with Gasteiger partial charge >= 0.3 is 0 Å². The average Bonchev–Trinajstić information content (AvgIpc) is 2.66. The van der Waals surface area contributed by atoms with Crippen LogP contribution >= 0.6 is 0 Å². The van der Waals surface area contributed by atoms with Crippen molar-refractivity contribution in [2.75, 3.05) is 12.4 Å². The molecule has 2 aromatic carbocycles. The zero-order valence-corrected chi connectivity index (χ0v) is 17.3. The molecule has 28 heavy (non-hydrogen) atoms. The van der Waals surface area contributed by atoms with E-state index >= 15 is 0 Å². The Labute approximate surface area is 167 Å². The number of para-hydroxylation sites is 1. The van der Waals surface area contributed by atoms with E-state index in [1.165, 1.54) is 0 Å². The number of nitrogens with one attached hydrogen (secondary N) is 2.